The lowest BCUT2D eigenvalue weighted by Gasteiger charge is -2.26. The number of thiazole rings is 1. The zero-order valence-corrected chi connectivity index (χ0v) is 24.8. The van der Waals surface area contributed by atoms with E-state index in [-0.39, 0.29) is 17.9 Å². The first kappa shape index (κ1) is 29.5. The summed E-state index contributed by atoms with van der Waals surface area (Å²) in [6.45, 7) is 3.89. The van der Waals surface area contributed by atoms with Crippen LogP contribution in [0.25, 0.3) is 17.4 Å². The Morgan fingerprint density at radius 2 is 1.88 bits per heavy atom. The molecule has 0 spiro atoms. The van der Waals surface area contributed by atoms with E-state index in [1.54, 1.807) is 31.2 Å². The van der Waals surface area contributed by atoms with Crippen LogP contribution in [0.5, 0.6) is 11.5 Å². The second-order valence-electron chi connectivity index (χ2n) is 9.50. The van der Waals surface area contributed by atoms with Crippen LogP contribution in [0, 0.1) is 10.1 Å². The summed E-state index contributed by atoms with van der Waals surface area (Å²) >= 11 is 1.17. The number of hydrogen-bond donors (Lipinski definition) is 0. The summed E-state index contributed by atoms with van der Waals surface area (Å²) in [6, 6.07) is 13.9. The van der Waals surface area contributed by atoms with Gasteiger partial charge in [-0.25, -0.2) is 9.79 Å². The molecule has 1 aliphatic rings. The summed E-state index contributed by atoms with van der Waals surface area (Å²) in [7, 11) is 3.00. The summed E-state index contributed by atoms with van der Waals surface area (Å²) in [6.07, 6.45) is 2.83. The monoisotopic (exact) mass is 603 g/mol. The average molecular weight is 604 g/mol. The van der Waals surface area contributed by atoms with Gasteiger partial charge in [-0.3, -0.25) is 19.5 Å². The number of furan rings is 1. The van der Waals surface area contributed by atoms with E-state index in [4.69, 9.17) is 23.6 Å². The average Bonchev–Trinajstić information content (AvgIpc) is 3.60. The maximum Gasteiger partial charge on any atom is 0.338 e. The molecule has 0 saturated heterocycles. The third kappa shape index (κ3) is 5.61. The van der Waals surface area contributed by atoms with Crippen LogP contribution in [-0.4, -0.2) is 36.3 Å². The topological polar surface area (TPSA) is 135 Å². The molecular weight excluding hydrogens is 574 g/mol. The van der Waals surface area contributed by atoms with Gasteiger partial charge in [-0.1, -0.05) is 42.9 Å². The summed E-state index contributed by atoms with van der Waals surface area (Å²) < 4.78 is 24.3. The Balaban J connectivity index is 1.68. The maximum absolute atomic E-state index is 14.0. The minimum atomic E-state index is -0.823. The van der Waals surface area contributed by atoms with E-state index in [1.165, 1.54) is 48.3 Å². The van der Waals surface area contributed by atoms with Gasteiger partial charge in [-0.05, 0) is 37.6 Å². The molecule has 3 heterocycles. The molecule has 222 valence electrons. The SMILES string of the molecule is CCCC1=C(C(=O)OCC)C(c2ccccc2OC)n2c(s/c(=C\c3ccc(-c4cc([N+](=O)[O-])ccc4OC)o3)c2=O)=N1. The summed E-state index contributed by atoms with van der Waals surface area (Å²) in [5.74, 6) is 1.06. The van der Waals surface area contributed by atoms with Gasteiger partial charge in [0.25, 0.3) is 11.2 Å². The number of carbonyl (C=O) groups excluding carboxylic acids is 1. The number of carbonyl (C=O) groups is 1. The Bertz CT molecular complexity index is 1920. The highest BCUT2D eigenvalue weighted by Crippen LogP contribution is 2.37. The second kappa shape index (κ2) is 12.5. The third-order valence-corrected chi connectivity index (χ3v) is 7.87. The van der Waals surface area contributed by atoms with Crippen LogP contribution in [0.3, 0.4) is 0 Å². The van der Waals surface area contributed by atoms with Gasteiger partial charge in [0.15, 0.2) is 4.80 Å². The number of nitrogens with zero attached hydrogens (tertiary/aromatic N) is 3. The van der Waals surface area contributed by atoms with Gasteiger partial charge in [-0.15, -0.1) is 0 Å². The van der Waals surface area contributed by atoms with Crippen LogP contribution in [0.15, 0.2) is 80.1 Å². The number of rotatable bonds is 10. The van der Waals surface area contributed by atoms with Crippen molar-refractivity contribution in [2.24, 2.45) is 4.99 Å². The normalized spacial score (nSPS) is 14.7. The molecule has 5 rings (SSSR count). The van der Waals surface area contributed by atoms with Crippen molar-refractivity contribution in [1.82, 2.24) is 4.57 Å². The molecule has 43 heavy (non-hydrogen) atoms. The highest BCUT2D eigenvalue weighted by molar-refractivity contribution is 7.07. The number of methoxy groups -OCH3 is 2. The number of nitro groups is 1. The third-order valence-electron chi connectivity index (χ3n) is 6.89. The number of esters is 1. The quantitative estimate of drug-likeness (QED) is 0.144. The van der Waals surface area contributed by atoms with Gasteiger partial charge in [-0.2, -0.15) is 0 Å². The molecular formula is C31H29N3O8S. The molecule has 12 heteroatoms. The molecule has 0 aliphatic carbocycles. The largest absolute Gasteiger partial charge is 0.496 e. The zero-order chi connectivity index (χ0) is 30.7. The van der Waals surface area contributed by atoms with Crippen molar-refractivity contribution in [2.75, 3.05) is 20.8 Å². The van der Waals surface area contributed by atoms with Crippen molar-refractivity contribution in [3.8, 4) is 22.8 Å². The minimum Gasteiger partial charge on any atom is -0.496 e. The molecule has 0 bridgehead atoms. The number of benzene rings is 2. The number of allylic oxidation sites excluding steroid dienone is 1. The predicted octanol–water partition coefficient (Wildman–Crippen LogP) is 4.76. The number of nitro benzene ring substituents is 1. The molecule has 0 radical (unpaired) electrons. The van der Waals surface area contributed by atoms with Gasteiger partial charge in [0.2, 0.25) is 0 Å². The van der Waals surface area contributed by atoms with E-state index in [0.717, 1.165) is 6.42 Å². The van der Waals surface area contributed by atoms with Crippen LogP contribution < -0.4 is 24.4 Å². The van der Waals surface area contributed by atoms with Gasteiger partial charge < -0.3 is 18.6 Å². The number of ether oxygens (including phenoxy) is 3. The first-order valence-electron chi connectivity index (χ1n) is 13.6. The molecule has 4 aromatic rings. The first-order chi connectivity index (χ1) is 20.8. The number of fused-ring (bicyclic) bond motifs is 1. The molecule has 0 fully saturated rings. The molecule has 0 amide bonds. The maximum atomic E-state index is 14.0. The fraction of sp³-hybridized carbons (Fsp3) is 0.258. The molecule has 2 aromatic carbocycles. The van der Waals surface area contributed by atoms with Crippen LogP contribution in [0.2, 0.25) is 0 Å². The van der Waals surface area contributed by atoms with E-state index in [2.05, 4.69) is 0 Å². The summed E-state index contributed by atoms with van der Waals surface area (Å²) in [5, 5.41) is 11.3. The van der Waals surface area contributed by atoms with E-state index >= 15 is 0 Å². The molecule has 0 N–H and O–H groups in total. The lowest BCUT2D eigenvalue weighted by Crippen LogP contribution is -2.40. The van der Waals surface area contributed by atoms with Gasteiger partial charge in [0.1, 0.15) is 29.1 Å². The van der Waals surface area contributed by atoms with Crippen molar-refractivity contribution >= 4 is 29.1 Å². The molecule has 11 nitrogen and oxygen atoms in total. The molecule has 1 atom stereocenters. The van der Waals surface area contributed by atoms with Crippen LogP contribution >= 0.6 is 11.3 Å². The standard InChI is InChI=1S/C31H29N3O8S/c1-5-9-22-27(30(36)41-6-2)28(20-10-7-8-11-23(20)39-3)33-29(35)26(43-31(33)32-22)17-19-13-15-25(42-19)21-16-18(34(37)38)12-14-24(21)40-4/h7-8,10-17,28H,5-6,9H2,1-4H3/b26-17-. The number of hydrogen-bond acceptors (Lipinski definition) is 10. The lowest BCUT2D eigenvalue weighted by molar-refractivity contribution is -0.384. The zero-order valence-electron chi connectivity index (χ0n) is 24.0. The first-order valence-corrected chi connectivity index (χ1v) is 14.4. The number of aromatic nitrogens is 1. The van der Waals surface area contributed by atoms with Crippen LogP contribution in [0.4, 0.5) is 5.69 Å². The van der Waals surface area contributed by atoms with Gasteiger partial charge in [0, 0.05) is 23.8 Å². The van der Waals surface area contributed by atoms with Crippen LogP contribution in [-0.2, 0) is 9.53 Å². The molecule has 1 unspecified atom stereocenters. The van der Waals surface area contributed by atoms with E-state index in [9.17, 15) is 19.7 Å². The van der Waals surface area contributed by atoms with Gasteiger partial charge in [0.05, 0.1) is 47.1 Å². The van der Waals surface area contributed by atoms with Crippen molar-refractivity contribution in [2.45, 2.75) is 32.7 Å². The Labute approximate surface area is 250 Å². The summed E-state index contributed by atoms with van der Waals surface area (Å²) in [4.78, 5) is 43.4. The molecule has 1 aliphatic heterocycles. The highest BCUT2D eigenvalue weighted by Gasteiger charge is 2.35. The second-order valence-corrected chi connectivity index (χ2v) is 10.5. The molecule has 0 saturated carbocycles. The van der Waals surface area contributed by atoms with E-state index in [0.29, 0.717) is 61.2 Å². The highest BCUT2D eigenvalue weighted by atomic mass is 32.1. The summed E-state index contributed by atoms with van der Waals surface area (Å²) in [5.41, 5.74) is 1.40. The Morgan fingerprint density at radius 1 is 1.12 bits per heavy atom. The minimum absolute atomic E-state index is 0.112. The smallest absolute Gasteiger partial charge is 0.338 e. The fourth-order valence-corrected chi connectivity index (χ4v) is 6.01. The fourth-order valence-electron chi connectivity index (χ4n) is 5.01. The van der Waals surface area contributed by atoms with Crippen LogP contribution in [0.1, 0.15) is 44.1 Å². The van der Waals surface area contributed by atoms with Crippen molar-refractivity contribution in [1.29, 1.82) is 0 Å². The van der Waals surface area contributed by atoms with Crippen molar-refractivity contribution in [3.05, 3.63) is 107 Å². The van der Waals surface area contributed by atoms with Crippen molar-refractivity contribution in [3.63, 3.8) is 0 Å². The predicted molar refractivity (Wildman–Crippen MR) is 160 cm³/mol. The lowest BCUT2D eigenvalue weighted by atomic mass is 9.93. The Kier molecular flexibility index (Phi) is 8.58. The number of non-ortho nitro benzene ring substituents is 1. The number of para-hydroxylation sites is 1. The van der Waals surface area contributed by atoms with Gasteiger partial charge >= 0.3 is 5.97 Å². The van der Waals surface area contributed by atoms with Crippen molar-refractivity contribution < 1.29 is 28.3 Å². The Hall–Kier alpha value is -4.97. The molecule has 2 aromatic heterocycles. The van der Waals surface area contributed by atoms with E-state index in [1.807, 2.05) is 25.1 Å². The van der Waals surface area contributed by atoms with E-state index < -0.39 is 16.9 Å². The Morgan fingerprint density at radius 3 is 2.58 bits per heavy atom.